The van der Waals surface area contributed by atoms with Crippen LogP contribution in [0, 0.1) is 33.1 Å². The van der Waals surface area contributed by atoms with E-state index < -0.39 is 0 Å². The van der Waals surface area contributed by atoms with Gasteiger partial charge < -0.3 is 0 Å². The molecule has 1 unspecified atom stereocenters. The van der Waals surface area contributed by atoms with Crippen LogP contribution in [0.5, 0.6) is 0 Å². The van der Waals surface area contributed by atoms with E-state index in [4.69, 9.17) is 0 Å². The maximum atomic E-state index is 12.9. The van der Waals surface area contributed by atoms with Gasteiger partial charge >= 0.3 is 0 Å². The van der Waals surface area contributed by atoms with Gasteiger partial charge in [-0.2, -0.15) is 0 Å². The fourth-order valence-corrected chi connectivity index (χ4v) is 4.40. The summed E-state index contributed by atoms with van der Waals surface area (Å²) in [5, 5.41) is 0. The molecule has 2 aromatic rings. The Morgan fingerprint density at radius 2 is 1.58 bits per heavy atom. The Morgan fingerprint density at radius 3 is 2.23 bits per heavy atom. The number of carbonyl (C=O) groups excluding carboxylic acids is 2. The van der Waals surface area contributed by atoms with Gasteiger partial charge in [-0.3, -0.25) is 9.59 Å². The molecule has 0 amide bonds. The van der Waals surface area contributed by atoms with Gasteiger partial charge in [-0.05, 0) is 66.5 Å². The van der Waals surface area contributed by atoms with Gasteiger partial charge in [0.15, 0.2) is 0 Å². The van der Waals surface area contributed by atoms with E-state index in [0.29, 0.717) is 6.42 Å². The van der Waals surface area contributed by atoms with Crippen LogP contribution in [0.4, 0.5) is 0 Å². The highest BCUT2D eigenvalue weighted by Gasteiger charge is 2.43. The first-order valence-electron chi connectivity index (χ1n) is 9.34. The minimum Gasteiger partial charge on any atom is -0.299 e. The molecule has 0 N–H and O–H groups in total. The first-order chi connectivity index (χ1) is 12.1. The van der Waals surface area contributed by atoms with Gasteiger partial charge in [0.25, 0.3) is 0 Å². The van der Waals surface area contributed by atoms with Crippen molar-refractivity contribution in [2.24, 2.45) is 5.41 Å². The molecule has 2 heteroatoms. The van der Waals surface area contributed by atoms with Crippen molar-refractivity contribution in [1.29, 1.82) is 0 Å². The number of hydrogen-bond acceptors (Lipinski definition) is 2. The lowest BCUT2D eigenvalue weighted by Gasteiger charge is -2.38. The molecular formula is C24H28O2. The summed E-state index contributed by atoms with van der Waals surface area (Å²) >= 11 is 0. The van der Waals surface area contributed by atoms with E-state index in [1.54, 1.807) is 0 Å². The molecule has 3 rings (SSSR count). The van der Waals surface area contributed by atoms with Gasteiger partial charge in [0.2, 0.25) is 0 Å². The van der Waals surface area contributed by atoms with E-state index in [1.165, 1.54) is 27.8 Å². The first kappa shape index (κ1) is 18.6. The number of aryl methyl sites for hydroxylation is 2. The lowest BCUT2D eigenvalue weighted by Crippen LogP contribution is -2.38. The molecule has 1 fully saturated rings. The van der Waals surface area contributed by atoms with Crippen LogP contribution >= 0.6 is 0 Å². The lowest BCUT2D eigenvalue weighted by molar-refractivity contribution is -0.135. The van der Waals surface area contributed by atoms with Gasteiger partial charge in [-0.15, -0.1) is 0 Å². The molecular weight excluding hydrogens is 320 g/mol. The average molecular weight is 348 g/mol. The summed E-state index contributed by atoms with van der Waals surface area (Å²) in [6, 6.07) is 10.7. The molecule has 0 spiro atoms. The molecule has 1 saturated carbocycles. The Hall–Kier alpha value is -2.22. The topological polar surface area (TPSA) is 34.1 Å². The molecule has 0 radical (unpaired) electrons. The van der Waals surface area contributed by atoms with Crippen molar-refractivity contribution in [1.82, 2.24) is 0 Å². The molecule has 136 valence electrons. The van der Waals surface area contributed by atoms with E-state index >= 15 is 0 Å². The maximum Gasteiger partial charge on any atom is 0.148 e. The molecule has 1 aliphatic carbocycles. The van der Waals surface area contributed by atoms with Crippen LogP contribution in [0.3, 0.4) is 0 Å². The molecule has 2 aromatic carbocycles. The Kier molecular flexibility index (Phi) is 4.64. The smallest absolute Gasteiger partial charge is 0.148 e. The molecule has 2 nitrogen and oxygen atoms in total. The molecule has 0 aliphatic heterocycles. The SMILES string of the molecule is Cc1ccc(C2C(=O)CC(=O)CC2(C)C)c(-c2ccc(C)c(C)c2C)c1. The van der Waals surface area contributed by atoms with Gasteiger partial charge in [0, 0.05) is 12.3 Å². The molecule has 0 heterocycles. The zero-order valence-corrected chi connectivity index (χ0v) is 16.7. The zero-order chi connectivity index (χ0) is 19.2. The molecule has 0 saturated heterocycles. The van der Waals surface area contributed by atoms with Gasteiger partial charge in [-0.1, -0.05) is 49.7 Å². The third-order valence-electron chi connectivity index (χ3n) is 6.00. The fraction of sp³-hybridized carbons (Fsp3) is 0.417. The molecule has 1 atom stereocenters. The van der Waals surface area contributed by atoms with Crippen LogP contribution in [0.15, 0.2) is 30.3 Å². The van der Waals surface area contributed by atoms with Crippen LogP contribution in [-0.4, -0.2) is 11.6 Å². The number of Topliss-reactive ketones (excluding diaryl/α,β-unsaturated/α-hetero) is 2. The van der Waals surface area contributed by atoms with Gasteiger partial charge in [-0.25, -0.2) is 0 Å². The predicted molar refractivity (Wildman–Crippen MR) is 107 cm³/mol. The normalized spacial score (nSPS) is 19.7. The number of carbonyl (C=O) groups is 2. The second-order valence-electron chi connectivity index (χ2n) is 8.55. The third-order valence-corrected chi connectivity index (χ3v) is 6.00. The molecule has 1 aliphatic rings. The first-order valence-corrected chi connectivity index (χ1v) is 9.34. The lowest BCUT2D eigenvalue weighted by atomic mass is 9.64. The van der Waals surface area contributed by atoms with Crippen molar-refractivity contribution in [2.75, 3.05) is 0 Å². The van der Waals surface area contributed by atoms with E-state index in [9.17, 15) is 9.59 Å². The quantitative estimate of drug-likeness (QED) is 0.659. The Morgan fingerprint density at radius 1 is 0.885 bits per heavy atom. The van der Waals surface area contributed by atoms with Crippen molar-refractivity contribution in [3.63, 3.8) is 0 Å². The van der Waals surface area contributed by atoms with Crippen molar-refractivity contribution >= 4 is 11.6 Å². The van der Waals surface area contributed by atoms with Crippen molar-refractivity contribution in [2.45, 2.75) is 60.3 Å². The van der Waals surface area contributed by atoms with E-state index in [1.807, 2.05) is 13.8 Å². The highest BCUT2D eigenvalue weighted by molar-refractivity contribution is 6.06. The second kappa shape index (κ2) is 6.50. The monoisotopic (exact) mass is 348 g/mol. The van der Waals surface area contributed by atoms with E-state index in [2.05, 4.69) is 58.0 Å². The summed E-state index contributed by atoms with van der Waals surface area (Å²) in [5.41, 5.74) is 8.03. The minimum atomic E-state index is -0.357. The molecule has 0 aromatic heterocycles. The highest BCUT2D eigenvalue weighted by atomic mass is 16.1. The third kappa shape index (κ3) is 3.13. The van der Waals surface area contributed by atoms with Crippen LogP contribution < -0.4 is 0 Å². The largest absolute Gasteiger partial charge is 0.299 e. The van der Waals surface area contributed by atoms with Crippen molar-refractivity contribution < 1.29 is 9.59 Å². The maximum absolute atomic E-state index is 12.9. The summed E-state index contributed by atoms with van der Waals surface area (Å²) in [7, 11) is 0. The minimum absolute atomic E-state index is 0.0536. The van der Waals surface area contributed by atoms with Gasteiger partial charge in [0.1, 0.15) is 11.6 Å². The number of benzene rings is 2. The number of ketones is 2. The Bertz CT molecular complexity index is 903. The second-order valence-corrected chi connectivity index (χ2v) is 8.55. The Labute approximate surface area is 156 Å². The van der Waals surface area contributed by atoms with E-state index in [-0.39, 0.29) is 29.3 Å². The van der Waals surface area contributed by atoms with E-state index in [0.717, 1.165) is 11.1 Å². The number of hydrogen-bond donors (Lipinski definition) is 0. The molecule has 26 heavy (non-hydrogen) atoms. The van der Waals surface area contributed by atoms with Crippen molar-refractivity contribution in [3.05, 3.63) is 58.1 Å². The van der Waals surface area contributed by atoms with Crippen molar-refractivity contribution in [3.8, 4) is 11.1 Å². The highest BCUT2D eigenvalue weighted by Crippen LogP contribution is 2.47. The molecule has 0 bridgehead atoms. The zero-order valence-electron chi connectivity index (χ0n) is 16.7. The summed E-state index contributed by atoms with van der Waals surface area (Å²) in [4.78, 5) is 24.9. The van der Waals surface area contributed by atoms with Crippen LogP contribution in [0.2, 0.25) is 0 Å². The number of rotatable bonds is 2. The van der Waals surface area contributed by atoms with Crippen LogP contribution in [0.25, 0.3) is 11.1 Å². The average Bonchev–Trinajstić information content (AvgIpc) is 2.52. The standard InChI is InChI=1S/C24H28O2/c1-14-7-9-20(23-22(26)12-18(25)13-24(23,5)6)21(11-14)19-10-8-15(2)16(3)17(19)4/h7-11,23H,12-13H2,1-6H3. The van der Waals surface area contributed by atoms with Crippen LogP contribution in [-0.2, 0) is 9.59 Å². The summed E-state index contributed by atoms with van der Waals surface area (Å²) in [5.74, 6) is -0.123. The van der Waals surface area contributed by atoms with Gasteiger partial charge in [0.05, 0.1) is 6.42 Å². The summed E-state index contributed by atoms with van der Waals surface area (Å²) in [6.45, 7) is 12.6. The fourth-order valence-electron chi connectivity index (χ4n) is 4.40. The predicted octanol–water partition coefficient (Wildman–Crippen LogP) is 5.63. The Balaban J connectivity index is 2.24. The summed E-state index contributed by atoms with van der Waals surface area (Å²) < 4.78 is 0. The summed E-state index contributed by atoms with van der Waals surface area (Å²) in [6.07, 6.45) is 0.524. The van der Waals surface area contributed by atoms with Crippen LogP contribution in [0.1, 0.15) is 60.4 Å².